The van der Waals surface area contributed by atoms with Crippen molar-refractivity contribution >= 4 is 22.4 Å². The zero-order chi connectivity index (χ0) is 15.8. The summed E-state index contributed by atoms with van der Waals surface area (Å²) in [7, 11) is 1.53. The number of nitrogens with zero attached hydrogens (tertiary/aromatic N) is 1. The van der Waals surface area contributed by atoms with Gasteiger partial charge in [0.05, 0.1) is 7.11 Å². The molecule has 0 saturated carbocycles. The molecule has 0 atom stereocenters. The summed E-state index contributed by atoms with van der Waals surface area (Å²) in [5, 5.41) is 5.03. The largest absolute Gasteiger partial charge is 0.497 e. The lowest BCUT2D eigenvalue weighted by atomic mass is 9.99. The van der Waals surface area contributed by atoms with E-state index in [1.807, 2.05) is 11.4 Å². The highest BCUT2D eigenvalue weighted by Crippen LogP contribution is 2.37. The molecule has 4 rings (SSSR count). The van der Waals surface area contributed by atoms with Crippen molar-refractivity contribution in [3.05, 3.63) is 59.3 Å². The van der Waals surface area contributed by atoms with Crippen LogP contribution in [0.25, 0.3) is 33.3 Å². The number of pyridine rings is 1. The maximum atomic E-state index is 14.5. The Hall–Kier alpha value is -2.66. The first kappa shape index (κ1) is 14.0. The molecule has 1 aromatic carbocycles. The highest BCUT2D eigenvalue weighted by molar-refractivity contribution is 7.08. The number of nitrogens with one attached hydrogen (secondary N) is 1. The minimum absolute atomic E-state index is 0.314. The number of aromatic amines is 1. The van der Waals surface area contributed by atoms with Crippen molar-refractivity contribution in [1.82, 2.24) is 9.97 Å². The summed E-state index contributed by atoms with van der Waals surface area (Å²) in [5.41, 5.74) is 4.23. The summed E-state index contributed by atoms with van der Waals surface area (Å²) in [6.07, 6.45) is 3.57. The molecule has 0 fully saturated rings. The molecule has 3 heterocycles. The number of halogens is 1. The second kappa shape index (κ2) is 5.52. The van der Waals surface area contributed by atoms with Crippen molar-refractivity contribution in [3.8, 4) is 28.0 Å². The van der Waals surface area contributed by atoms with Crippen LogP contribution in [-0.2, 0) is 0 Å². The SMILES string of the molecule is COc1ccc(-c2c[nH]c3nccc(-c4ccsc4)c23)c(F)c1. The number of fused-ring (bicyclic) bond motifs is 1. The number of aromatic nitrogens is 2. The zero-order valence-electron chi connectivity index (χ0n) is 12.3. The van der Waals surface area contributed by atoms with E-state index in [2.05, 4.69) is 21.4 Å². The van der Waals surface area contributed by atoms with Crippen molar-refractivity contribution < 1.29 is 9.13 Å². The lowest BCUT2D eigenvalue weighted by molar-refractivity contribution is 0.411. The molecule has 0 aliphatic carbocycles. The Kier molecular flexibility index (Phi) is 3.35. The standard InChI is InChI=1S/C18H13FN2OS/c1-22-12-2-3-14(16(19)8-12)15-9-21-18-17(15)13(4-6-20-18)11-5-7-23-10-11/h2-10H,1H3,(H,20,21). The second-order valence-electron chi connectivity index (χ2n) is 5.14. The van der Waals surface area contributed by atoms with Crippen molar-refractivity contribution in [1.29, 1.82) is 0 Å². The number of hydrogen-bond acceptors (Lipinski definition) is 3. The van der Waals surface area contributed by atoms with Gasteiger partial charge in [-0.25, -0.2) is 9.37 Å². The average Bonchev–Trinajstić information content (AvgIpc) is 3.24. The normalized spacial score (nSPS) is 11.0. The molecule has 3 aromatic heterocycles. The third-order valence-corrected chi connectivity index (χ3v) is 4.56. The molecular weight excluding hydrogens is 311 g/mol. The molecule has 5 heteroatoms. The fourth-order valence-electron chi connectivity index (χ4n) is 2.77. The van der Waals surface area contributed by atoms with Gasteiger partial charge in [0.25, 0.3) is 0 Å². The third-order valence-electron chi connectivity index (χ3n) is 3.87. The van der Waals surface area contributed by atoms with Crippen LogP contribution in [0.1, 0.15) is 0 Å². The molecule has 0 unspecified atom stereocenters. The maximum absolute atomic E-state index is 14.5. The van der Waals surface area contributed by atoms with Crippen LogP contribution in [0.3, 0.4) is 0 Å². The van der Waals surface area contributed by atoms with Crippen LogP contribution in [0.15, 0.2) is 53.5 Å². The Morgan fingerprint density at radius 3 is 2.78 bits per heavy atom. The highest BCUT2D eigenvalue weighted by Gasteiger charge is 2.16. The quantitative estimate of drug-likeness (QED) is 0.569. The van der Waals surface area contributed by atoms with E-state index in [-0.39, 0.29) is 5.82 Å². The summed E-state index contributed by atoms with van der Waals surface area (Å²) < 4.78 is 19.6. The van der Waals surface area contributed by atoms with Gasteiger partial charge in [-0.2, -0.15) is 11.3 Å². The molecule has 0 aliphatic rings. The Bertz CT molecular complexity index is 976. The van der Waals surface area contributed by atoms with Crippen molar-refractivity contribution in [2.24, 2.45) is 0 Å². The summed E-state index contributed by atoms with van der Waals surface area (Å²) in [5.74, 6) is 0.188. The fraction of sp³-hybridized carbons (Fsp3) is 0.0556. The van der Waals surface area contributed by atoms with Crippen LogP contribution in [-0.4, -0.2) is 17.1 Å². The van der Waals surface area contributed by atoms with E-state index >= 15 is 0 Å². The van der Waals surface area contributed by atoms with Gasteiger partial charge in [0.1, 0.15) is 17.2 Å². The minimum Gasteiger partial charge on any atom is -0.497 e. The second-order valence-corrected chi connectivity index (χ2v) is 5.92. The van der Waals surface area contributed by atoms with Crippen LogP contribution in [0, 0.1) is 5.82 Å². The monoisotopic (exact) mass is 324 g/mol. The van der Waals surface area contributed by atoms with E-state index in [0.717, 1.165) is 27.7 Å². The molecule has 0 amide bonds. The number of benzene rings is 1. The van der Waals surface area contributed by atoms with Gasteiger partial charge in [0, 0.05) is 35.0 Å². The number of methoxy groups -OCH3 is 1. The third kappa shape index (κ3) is 2.29. The van der Waals surface area contributed by atoms with E-state index < -0.39 is 0 Å². The van der Waals surface area contributed by atoms with E-state index in [4.69, 9.17) is 4.74 Å². The summed E-state index contributed by atoms with van der Waals surface area (Å²) in [4.78, 5) is 7.50. The van der Waals surface area contributed by atoms with Crippen molar-refractivity contribution in [3.63, 3.8) is 0 Å². The molecule has 0 saturated heterocycles. The van der Waals surface area contributed by atoms with Gasteiger partial charge in [-0.15, -0.1) is 0 Å². The molecule has 23 heavy (non-hydrogen) atoms. The van der Waals surface area contributed by atoms with Gasteiger partial charge in [0.2, 0.25) is 0 Å². The van der Waals surface area contributed by atoms with E-state index in [0.29, 0.717) is 11.3 Å². The van der Waals surface area contributed by atoms with Gasteiger partial charge in [0.15, 0.2) is 0 Å². The number of rotatable bonds is 3. The predicted molar refractivity (Wildman–Crippen MR) is 91.4 cm³/mol. The van der Waals surface area contributed by atoms with Gasteiger partial charge >= 0.3 is 0 Å². The number of thiophene rings is 1. The Labute approximate surface area is 136 Å². The molecule has 3 nitrogen and oxygen atoms in total. The first-order chi connectivity index (χ1) is 11.3. The molecule has 4 aromatic rings. The summed E-state index contributed by atoms with van der Waals surface area (Å²) >= 11 is 1.63. The predicted octanol–water partition coefficient (Wildman–Crippen LogP) is 5.11. The Balaban J connectivity index is 1.98. The Morgan fingerprint density at radius 1 is 1.13 bits per heavy atom. The molecule has 0 aliphatic heterocycles. The molecular formula is C18H13FN2OS. The number of ether oxygens (including phenoxy) is 1. The van der Waals surface area contributed by atoms with E-state index in [9.17, 15) is 4.39 Å². The van der Waals surface area contributed by atoms with Gasteiger partial charge in [-0.05, 0) is 46.2 Å². The van der Waals surface area contributed by atoms with E-state index in [1.54, 1.807) is 35.9 Å². The van der Waals surface area contributed by atoms with Gasteiger partial charge in [-0.1, -0.05) is 0 Å². The van der Waals surface area contributed by atoms with Crippen molar-refractivity contribution in [2.45, 2.75) is 0 Å². The highest BCUT2D eigenvalue weighted by atomic mass is 32.1. The number of H-pyrrole nitrogens is 1. The maximum Gasteiger partial charge on any atom is 0.138 e. The van der Waals surface area contributed by atoms with E-state index in [1.165, 1.54) is 13.2 Å². The topological polar surface area (TPSA) is 37.9 Å². The molecule has 114 valence electrons. The zero-order valence-corrected chi connectivity index (χ0v) is 13.2. The molecule has 1 N–H and O–H groups in total. The molecule has 0 bridgehead atoms. The lowest BCUT2D eigenvalue weighted by Crippen LogP contribution is -1.88. The molecule has 0 radical (unpaired) electrons. The van der Waals surface area contributed by atoms with Crippen LogP contribution < -0.4 is 4.74 Å². The fourth-order valence-corrected chi connectivity index (χ4v) is 3.42. The summed E-state index contributed by atoms with van der Waals surface area (Å²) in [6.45, 7) is 0. The minimum atomic E-state index is -0.314. The Morgan fingerprint density at radius 2 is 2.04 bits per heavy atom. The van der Waals surface area contributed by atoms with Crippen LogP contribution in [0.4, 0.5) is 4.39 Å². The summed E-state index contributed by atoms with van der Waals surface area (Å²) in [6, 6.07) is 8.91. The lowest BCUT2D eigenvalue weighted by Gasteiger charge is -2.07. The van der Waals surface area contributed by atoms with Crippen LogP contribution in [0.2, 0.25) is 0 Å². The smallest absolute Gasteiger partial charge is 0.138 e. The first-order valence-electron chi connectivity index (χ1n) is 7.10. The van der Waals surface area contributed by atoms with Gasteiger partial charge < -0.3 is 9.72 Å². The van der Waals surface area contributed by atoms with Gasteiger partial charge in [-0.3, -0.25) is 0 Å². The van der Waals surface area contributed by atoms with Crippen LogP contribution >= 0.6 is 11.3 Å². The average molecular weight is 324 g/mol. The molecule has 0 spiro atoms. The first-order valence-corrected chi connectivity index (χ1v) is 8.05. The van der Waals surface area contributed by atoms with Crippen molar-refractivity contribution in [2.75, 3.05) is 7.11 Å². The number of hydrogen-bond donors (Lipinski definition) is 1. The van der Waals surface area contributed by atoms with Crippen LogP contribution in [0.5, 0.6) is 5.75 Å².